The predicted octanol–water partition coefficient (Wildman–Crippen LogP) is 4.25. The third-order valence-corrected chi connectivity index (χ3v) is 4.51. The van der Waals surface area contributed by atoms with Crippen molar-refractivity contribution >= 4 is 0 Å². The third kappa shape index (κ3) is 1.30. The molecule has 72 valence electrons. The van der Waals surface area contributed by atoms with Crippen LogP contribution < -0.4 is 0 Å². The van der Waals surface area contributed by atoms with E-state index in [1.165, 1.54) is 25.7 Å². The minimum atomic E-state index is 0.664. The average molecular weight is 168 g/mol. The first-order valence-corrected chi connectivity index (χ1v) is 5.50. The van der Waals surface area contributed by atoms with Gasteiger partial charge in [-0.15, -0.1) is 0 Å². The lowest BCUT2D eigenvalue weighted by molar-refractivity contribution is 0.256. The zero-order valence-corrected chi connectivity index (χ0v) is 9.41. The van der Waals surface area contributed by atoms with E-state index in [1.807, 2.05) is 0 Å². The SMILES string of the molecule is CCCC1(C)CC1(C)C(C)CC. The van der Waals surface area contributed by atoms with Gasteiger partial charge in [-0.25, -0.2) is 0 Å². The Morgan fingerprint density at radius 3 is 2.25 bits per heavy atom. The van der Waals surface area contributed by atoms with E-state index in [0.29, 0.717) is 10.8 Å². The van der Waals surface area contributed by atoms with E-state index in [-0.39, 0.29) is 0 Å². The van der Waals surface area contributed by atoms with E-state index < -0.39 is 0 Å². The van der Waals surface area contributed by atoms with Crippen LogP contribution in [0.3, 0.4) is 0 Å². The van der Waals surface area contributed by atoms with Crippen LogP contribution in [0.25, 0.3) is 0 Å². The van der Waals surface area contributed by atoms with Gasteiger partial charge in [-0.3, -0.25) is 0 Å². The second kappa shape index (κ2) is 3.05. The molecule has 1 saturated carbocycles. The van der Waals surface area contributed by atoms with Crippen LogP contribution >= 0.6 is 0 Å². The summed E-state index contributed by atoms with van der Waals surface area (Å²) in [5, 5.41) is 0. The van der Waals surface area contributed by atoms with Gasteiger partial charge in [-0.2, -0.15) is 0 Å². The van der Waals surface area contributed by atoms with Crippen molar-refractivity contribution in [2.45, 2.75) is 60.3 Å². The minimum absolute atomic E-state index is 0.664. The van der Waals surface area contributed by atoms with Crippen LogP contribution in [-0.2, 0) is 0 Å². The van der Waals surface area contributed by atoms with Crippen molar-refractivity contribution in [2.75, 3.05) is 0 Å². The molecule has 12 heavy (non-hydrogen) atoms. The fourth-order valence-electron chi connectivity index (χ4n) is 2.91. The maximum atomic E-state index is 2.48. The molecule has 3 unspecified atom stereocenters. The van der Waals surface area contributed by atoms with Crippen LogP contribution in [0.2, 0.25) is 0 Å². The summed E-state index contributed by atoms with van der Waals surface area (Å²) in [6.07, 6.45) is 5.58. The Morgan fingerprint density at radius 2 is 1.83 bits per heavy atom. The molecule has 0 nitrogen and oxygen atoms in total. The van der Waals surface area contributed by atoms with E-state index in [9.17, 15) is 0 Å². The van der Waals surface area contributed by atoms with Crippen molar-refractivity contribution in [2.24, 2.45) is 16.7 Å². The molecule has 0 aliphatic heterocycles. The van der Waals surface area contributed by atoms with Crippen LogP contribution in [-0.4, -0.2) is 0 Å². The molecule has 0 bridgehead atoms. The molecule has 0 amide bonds. The Labute approximate surface area is 77.7 Å². The van der Waals surface area contributed by atoms with Crippen LogP contribution in [0, 0.1) is 16.7 Å². The van der Waals surface area contributed by atoms with Crippen LogP contribution in [0.15, 0.2) is 0 Å². The summed E-state index contributed by atoms with van der Waals surface area (Å²) < 4.78 is 0. The highest BCUT2D eigenvalue weighted by atomic mass is 14.7. The predicted molar refractivity (Wildman–Crippen MR) is 55.2 cm³/mol. The topological polar surface area (TPSA) is 0 Å². The van der Waals surface area contributed by atoms with Crippen molar-refractivity contribution in [1.82, 2.24) is 0 Å². The molecule has 1 aliphatic rings. The highest BCUT2D eigenvalue weighted by Crippen LogP contribution is 2.70. The van der Waals surface area contributed by atoms with Crippen LogP contribution in [0.5, 0.6) is 0 Å². The van der Waals surface area contributed by atoms with E-state index >= 15 is 0 Å². The summed E-state index contributed by atoms with van der Waals surface area (Å²) in [4.78, 5) is 0. The molecule has 0 radical (unpaired) electrons. The van der Waals surface area contributed by atoms with E-state index in [4.69, 9.17) is 0 Å². The molecule has 0 spiro atoms. The number of hydrogen-bond donors (Lipinski definition) is 0. The van der Waals surface area contributed by atoms with Gasteiger partial charge in [-0.1, -0.05) is 47.5 Å². The Bertz CT molecular complexity index is 161. The maximum Gasteiger partial charge on any atom is -0.0241 e. The first kappa shape index (κ1) is 10.1. The van der Waals surface area contributed by atoms with Crippen molar-refractivity contribution in [3.05, 3.63) is 0 Å². The zero-order valence-electron chi connectivity index (χ0n) is 9.41. The minimum Gasteiger partial charge on any atom is -0.0654 e. The zero-order chi connectivity index (χ0) is 9.41. The lowest BCUT2D eigenvalue weighted by atomic mass is 9.81. The van der Waals surface area contributed by atoms with Gasteiger partial charge >= 0.3 is 0 Å². The summed E-state index contributed by atoms with van der Waals surface area (Å²) in [5.74, 6) is 0.911. The fraction of sp³-hybridized carbons (Fsp3) is 1.00. The third-order valence-electron chi connectivity index (χ3n) is 4.51. The second-order valence-electron chi connectivity index (χ2n) is 5.21. The summed E-state index contributed by atoms with van der Waals surface area (Å²) in [6, 6.07) is 0. The Morgan fingerprint density at radius 1 is 1.25 bits per heavy atom. The van der Waals surface area contributed by atoms with Gasteiger partial charge in [0.25, 0.3) is 0 Å². The lowest BCUT2D eigenvalue weighted by Crippen LogP contribution is -2.16. The van der Waals surface area contributed by atoms with Gasteiger partial charge < -0.3 is 0 Å². The first-order valence-electron chi connectivity index (χ1n) is 5.50. The standard InChI is InChI=1S/C12H24/c1-6-8-11(4)9-12(11,5)10(3)7-2/h10H,6-9H2,1-5H3. The van der Waals surface area contributed by atoms with E-state index in [0.717, 1.165) is 5.92 Å². The molecule has 0 heterocycles. The highest BCUT2D eigenvalue weighted by Gasteiger charge is 2.61. The molecule has 0 aromatic heterocycles. The molecule has 1 fully saturated rings. The maximum absolute atomic E-state index is 2.48. The second-order valence-corrected chi connectivity index (χ2v) is 5.21. The van der Waals surface area contributed by atoms with Crippen LogP contribution in [0.4, 0.5) is 0 Å². The molecule has 0 saturated heterocycles. The van der Waals surface area contributed by atoms with Crippen LogP contribution in [0.1, 0.15) is 60.3 Å². The van der Waals surface area contributed by atoms with Gasteiger partial charge in [0.05, 0.1) is 0 Å². The van der Waals surface area contributed by atoms with E-state index in [2.05, 4.69) is 34.6 Å². The Kier molecular flexibility index (Phi) is 2.56. The molecular formula is C12H24. The molecule has 3 atom stereocenters. The first-order chi connectivity index (χ1) is 5.50. The van der Waals surface area contributed by atoms with Gasteiger partial charge in [0.2, 0.25) is 0 Å². The number of rotatable bonds is 4. The lowest BCUT2D eigenvalue weighted by Gasteiger charge is -2.24. The van der Waals surface area contributed by atoms with Crippen molar-refractivity contribution in [1.29, 1.82) is 0 Å². The smallest absolute Gasteiger partial charge is 0.0241 e. The van der Waals surface area contributed by atoms with Gasteiger partial charge in [-0.05, 0) is 29.6 Å². The molecular weight excluding hydrogens is 144 g/mol. The van der Waals surface area contributed by atoms with E-state index in [1.54, 1.807) is 0 Å². The van der Waals surface area contributed by atoms with Crippen molar-refractivity contribution in [3.63, 3.8) is 0 Å². The molecule has 0 heteroatoms. The quantitative estimate of drug-likeness (QED) is 0.588. The normalized spacial score (nSPS) is 42.8. The summed E-state index contributed by atoms with van der Waals surface area (Å²) in [6.45, 7) is 12.0. The highest BCUT2D eigenvalue weighted by molar-refractivity contribution is 5.10. The summed E-state index contributed by atoms with van der Waals surface area (Å²) in [5.41, 5.74) is 1.34. The molecule has 0 aromatic rings. The largest absolute Gasteiger partial charge is 0.0654 e. The van der Waals surface area contributed by atoms with Gasteiger partial charge in [0.15, 0.2) is 0 Å². The monoisotopic (exact) mass is 168 g/mol. The Balaban J connectivity index is 2.56. The summed E-state index contributed by atoms with van der Waals surface area (Å²) in [7, 11) is 0. The van der Waals surface area contributed by atoms with Crippen molar-refractivity contribution < 1.29 is 0 Å². The molecule has 0 N–H and O–H groups in total. The van der Waals surface area contributed by atoms with Gasteiger partial charge in [0, 0.05) is 0 Å². The van der Waals surface area contributed by atoms with Crippen molar-refractivity contribution in [3.8, 4) is 0 Å². The Hall–Kier alpha value is 0. The molecule has 0 aromatic carbocycles. The summed E-state index contributed by atoms with van der Waals surface area (Å²) >= 11 is 0. The molecule has 1 rings (SSSR count). The number of hydrogen-bond acceptors (Lipinski definition) is 0. The molecule has 1 aliphatic carbocycles. The fourth-order valence-corrected chi connectivity index (χ4v) is 2.91. The average Bonchev–Trinajstić information content (AvgIpc) is 2.55. The van der Waals surface area contributed by atoms with Gasteiger partial charge in [0.1, 0.15) is 0 Å².